The smallest absolute Gasteiger partial charge is 0.194 e. The molecule has 10 heteroatoms. The van der Waals surface area contributed by atoms with Crippen LogP contribution >= 0.6 is 24.0 Å². The highest BCUT2D eigenvalue weighted by Gasteiger charge is 2.21. The van der Waals surface area contributed by atoms with Crippen molar-refractivity contribution in [2.75, 3.05) is 51.8 Å². The number of hydrogen-bond donors (Lipinski definition) is 2. The van der Waals surface area contributed by atoms with Crippen LogP contribution in [0.2, 0.25) is 0 Å². The molecule has 2 N–H and O–H groups in total. The van der Waals surface area contributed by atoms with Gasteiger partial charge in [0.05, 0.1) is 19.9 Å². The number of piperazine rings is 1. The molecule has 1 aromatic heterocycles. The number of nitrogens with one attached hydrogen (secondary N) is 2. The number of benzene rings is 2. The Hall–Kier alpha value is -3.02. The normalized spacial score (nSPS) is 13.9. The van der Waals surface area contributed by atoms with E-state index in [2.05, 4.69) is 43.3 Å². The minimum atomic E-state index is 0. The zero-order valence-electron chi connectivity index (χ0n) is 19.8. The number of guanidine groups is 1. The average molecular weight is 577 g/mol. The van der Waals surface area contributed by atoms with Crippen LogP contribution < -0.4 is 19.7 Å². The summed E-state index contributed by atoms with van der Waals surface area (Å²) < 4.78 is 10.7. The minimum Gasteiger partial charge on any atom is -0.497 e. The fraction of sp³-hybridized carbons (Fsp3) is 0.375. The number of anilines is 1. The lowest BCUT2D eigenvalue weighted by Gasteiger charge is -2.38. The van der Waals surface area contributed by atoms with Gasteiger partial charge in [-0.05, 0) is 43.3 Å². The Morgan fingerprint density at radius 1 is 1.03 bits per heavy atom. The molecule has 0 amide bonds. The Bertz CT molecular complexity index is 1060. The standard InChI is InChI=1S/C24H31N7O2.HI/c1-4-25-24(31-15-13-30(14-16-31)20-7-5-6-8-21(20)33-3)26-17-22-27-23(29-28-22)18-9-11-19(32-2)12-10-18;/h5-12H,4,13-17H2,1-3H3,(H,25,26)(H,27,28,29);1H. The molecule has 0 radical (unpaired) electrons. The van der Waals surface area contributed by atoms with Crippen molar-refractivity contribution in [1.82, 2.24) is 25.4 Å². The van der Waals surface area contributed by atoms with Crippen molar-refractivity contribution in [1.29, 1.82) is 0 Å². The quantitative estimate of drug-likeness (QED) is 0.253. The number of aromatic amines is 1. The van der Waals surface area contributed by atoms with Crippen molar-refractivity contribution < 1.29 is 9.47 Å². The van der Waals surface area contributed by atoms with Crippen LogP contribution in [0.3, 0.4) is 0 Å². The molecule has 0 spiro atoms. The Morgan fingerprint density at radius 2 is 1.76 bits per heavy atom. The average Bonchev–Trinajstić information content (AvgIpc) is 3.36. The maximum atomic E-state index is 5.53. The first-order valence-electron chi connectivity index (χ1n) is 11.2. The van der Waals surface area contributed by atoms with Crippen molar-refractivity contribution in [3.63, 3.8) is 0 Å². The Balaban J connectivity index is 0.00000324. The molecule has 0 bridgehead atoms. The molecule has 0 aliphatic carbocycles. The van der Waals surface area contributed by atoms with Gasteiger partial charge in [0.2, 0.25) is 0 Å². The molecule has 1 saturated heterocycles. The van der Waals surface area contributed by atoms with Gasteiger partial charge in [-0.1, -0.05) is 12.1 Å². The third-order valence-electron chi connectivity index (χ3n) is 5.60. The van der Waals surface area contributed by atoms with Gasteiger partial charge >= 0.3 is 0 Å². The molecule has 0 atom stereocenters. The highest BCUT2D eigenvalue weighted by Crippen LogP contribution is 2.28. The second-order valence-corrected chi connectivity index (χ2v) is 7.65. The summed E-state index contributed by atoms with van der Waals surface area (Å²) in [6.45, 7) is 6.85. The van der Waals surface area contributed by atoms with Crippen LogP contribution in [0.5, 0.6) is 11.5 Å². The number of nitrogens with zero attached hydrogens (tertiary/aromatic N) is 5. The van der Waals surface area contributed by atoms with Crippen LogP contribution in [0.15, 0.2) is 53.5 Å². The molecule has 1 aliphatic rings. The Morgan fingerprint density at radius 3 is 2.44 bits per heavy atom. The van der Waals surface area contributed by atoms with E-state index in [-0.39, 0.29) is 24.0 Å². The first-order valence-corrected chi connectivity index (χ1v) is 11.2. The number of para-hydroxylation sites is 2. The second-order valence-electron chi connectivity index (χ2n) is 7.65. The first-order chi connectivity index (χ1) is 16.2. The molecule has 2 aromatic carbocycles. The Kier molecular flexibility index (Phi) is 9.37. The largest absolute Gasteiger partial charge is 0.497 e. The summed E-state index contributed by atoms with van der Waals surface area (Å²) in [7, 11) is 3.37. The fourth-order valence-corrected chi connectivity index (χ4v) is 3.86. The predicted molar refractivity (Wildman–Crippen MR) is 145 cm³/mol. The summed E-state index contributed by atoms with van der Waals surface area (Å²) in [5, 5.41) is 10.8. The highest BCUT2D eigenvalue weighted by atomic mass is 127. The number of ether oxygens (including phenoxy) is 2. The van der Waals surface area contributed by atoms with E-state index in [1.54, 1.807) is 14.2 Å². The van der Waals surface area contributed by atoms with Gasteiger partial charge in [-0.3, -0.25) is 5.10 Å². The van der Waals surface area contributed by atoms with Crippen LogP contribution in [0.1, 0.15) is 12.7 Å². The van der Waals surface area contributed by atoms with Gasteiger partial charge in [0.15, 0.2) is 11.8 Å². The zero-order chi connectivity index (χ0) is 23.0. The summed E-state index contributed by atoms with van der Waals surface area (Å²) in [6, 6.07) is 15.9. The van der Waals surface area contributed by atoms with Crippen molar-refractivity contribution in [2.45, 2.75) is 13.5 Å². The van der Waals surface area contributed by atoms with Gasteiger partial charge in [-0.2, -0.15) is 5.10 Å². The first kappa shape index (κ1) is 25.6. The Labute approximate surface area is 217 Å². The van der Waals surface area contributed by atoms with Gasteiger partial charge < -0.3 is 24.6 Å². The van der Waals surface area contributed by atoms with Crippen LogP contribution in [-0.4, -0.2) is 73.0 Å². The molecule has 34 heavy (non-hydrogen) atoms. The van der Waals surface area contributed by atoms with Crippen molar-refractivity contribution in [3.8, 4) is 22.9 Å². The fourth-order valence-electron chi connectivity index (χ4n) is 3.86. The molecule has 1 aliphatic heterocycles. The maximum Gasteiger partial charge on any atom is 0.194 e. The molecule has 0 saturated carbocycles. The van der Waals surface area contributed by atoms with Crippen molar-refractivity contribution in [2.24, 2.45) is 4.99 Å². The summed E-state index contributed by atoms with van der Waals surface area (Å²) in [5.74, 6) is 3.98. The lowest BCUT2D eigenvalue weighted by Crippen LogP contribution is -2.52. The summed E-state index contributed by atoms with van der Waals surface area (Å²) in [4.78, 5) is 14.1. The number of methoxy groups -OCH3 is 2. The summed E-state index contributed by atoms with van der Waals surface area (Å²) >= 11 is 0. The third kappa shape index (κ3) is 6.10. The van der Waals surface area contributed by atoms with Crippen LogP contribution in [0.25, 0.3) is 11.4 Å². The van der Waals surface area contributed by atoms with E-state index >= 15 is 0 Å². The minimum absolute atomic E-state index is 0. The van der Waals surface area contributed by atoms with E-state index in [1.165, 1.54) is 0 Å². The number of halogens is 1. The second kappa shape index (κ2) is 12.4. The lowest BCUT2D eigenvalue weighted by atomic mass is 10.2. The SMILES string of the molecule is CCNC(=NCc1nc(-c2ccc(OC)cc2)n[nH]1)N1CCN(c2ccccc2OC)CC1.I. The number of aromatic nitrogens is 3. The van der Waals surface area contributed by atoms with Gasteiger partial charge in [-0.15, -0.1) is 24.0 Å². The topological polar surface area (TPSA) is 90.9 Å². The summed E-state index contributed by atoms with van der Waals surface area (Å²) in [5.41, 5.74) is 2.07. The highest BCUT2D eigenvalue weighted by molar-refractivity contribution is 14.0. The molecule has 182 valence electrons. The van der Waals surface area contributed by atoms with E-state index in [1.807, 2.05) is 42.5 Å². The van der Waals surface area contributed by atoms with E-state index in [9.17, 15) is 0 Å². The van der Waals surface area contributed by atoms with Crippen LogP contribution in [0, 0.1) is 0 Å². The van der Waals surface area contributed by atoms with Gasteiger partial charge in [-0.25, -0.2) is 9.98 Å². The van der Waals surface area contributed by atoms with Gasteiger partial charge in [0.25, 0.3) is 0 Å². The van der Waals surface area contributed by atoms with E-state index in [0.29, 0.717) is 12.4 Å². The lowest BCUT2D eigenvalue weighted by molar-refractivity contribution is 0.367. The summed E-state index contributed by atoms with van der Waals surface area (Å²) in [6.07, 6.45) is 0. The van der Waals surface area contributed by atoms with Gasteiger partial charge in [0.1, 0.15) is 23.9 Å². The number of aliphatic imine (C=N–C) groups is 1. The number of H-pyrrole nitrogens is 1. The van der Waals surface area contributed by atoms with Crippen molar-refractivity contribution >= 4 is 35.6 Å². The zero-order valence-corrected chi connectivity index (χ0v) is 22.2. The van der Waals surface area contributed by atoms with Gasteiger partial charge in [0, 0.05) is 38.3 Å². The molecule has 0 unspecified atom stereocenters. The number of hydrogen-bond acceptors (Lipinski definition) is 6. The van der Waals surface area contributed by atoms with Crippen molar-refractivity contribution in [3.05, 3.63) is 54.4 Å². The molecule has 4 rings (SSSR count). The van der Waals surface area contributed by atoms with E-state index in [4.69, 9.17) is 14.5 Å². The van der Waals surface area contributed by atoms with Crippen LogP contribution in [-0.2, 0) is 6.54 Å². The molecule has 3 aromatic rings. The monoisotopic (exact) mass is 577 g/mol. The predicted octanol–water partition coefficient (Wildman–Crippen LogP) is 3.39. The van der Waals surface area contributed by atoms with E-state index < -0.39 is 0 Å². The molecule has 2 heterocycles. The third-order valence-corrected chi connectivity index (χ3v) is 5.60. The van der Waals surface area contributed by atoms with E-state index in [0.717, 1.165) is 67.3 Å². The van der Waals surface area contributed by atoms with Crippen LogP contribution in [0.4, 0.5) is 5.69 Å². The number of rotatable bonds is 7. The molecular formula is C24H32IN7O2. The molecular weight excluding hydrogens is 545 g/mol. The maximum absolute atomic E-state index is 5.53. The molecule has 9 nitrogen and oxygen atoms in total. The molecule has 1 fully saturated rings.